The van der Waals surface area contributed by atoms with Gasteiger partial charge in [0.1, 0.15) is 5.75 Å². The molecule has 0 bridgehead atoms. The topological polar surface area (TPSA) is 76.7 Å². The zero-order valence-electron chi connectivity index (χ0n) is 12.7. The minimum absolute atomic E-state index is 0.0805. The van der Waals surface area contributed by atoms with Crippen molar-refractivity contribution in [3.63, 3.8) is 0 Å². The Hall–Kier alpha value is -3.02. The molecule has 0 aliphatic carbocycles. The normalized spacial score (nSPS) is 9.78. The van der Waals surface area contributed by atoms with E-state index in [1.54, 1.807) is 24.3 Å². The van der Waals surface area contributed by atoms with Gasteiger partial charge in [-0.25, -0.2) is 9.59 Å². The number of para-hydroxylation sites is 1. The first-order chi connectivity index (χ1) is 11.2. The molecule has 0 radical (unpaired) electrons. The molecule has 2 aromatic carbocycles. The summed E-state index contributed by atoms with van der Waals surface area (Å²) in [6, 6.07) is 15.7. The van der Waals surface area contributed by atoms with Crippen LogP contribution in [0.15, 0.2) is 54.6 Å². The second-order valence-electron chi connectivity index (χ2n) is 4.65. The second-order valence-corrected chi connectivity index (χ2v) is 4.65. The average molecular weight is 314 g/mol. The highest BCUT2D eigenvalue weighted by molar-refractivity contribution is 5.89. The van der Waals surface area contributed by atoms with Crippen LogP contribution >= 0.6 is 0 Å². The molecular formula is C17H18N2O4. The lowest BCUT2D eigenvalue weighted by Gasteiger charge is -2.09. The molecule has 2 rings (SSSR count). The summed E-state index contributed by atoms with van der Waals surface area (Å²) in [6.07, 6.45) is 0. The number of hydrogen-bond acceptors (Lipinski definition) is 4. The van der Waals surface area contributed by atoms with Gasteiger partial charge in [0.15, 0.2) is 6.73 Å². The van der Waals surface area contributed by atoms with E-state index < -0.39 is 0 Å². The van der Waals surface area contributed by atoms with E-state index in [2.05, 4.69) is 15.4 Å². The van der Waals surface area contributed by atoms with Gasteiger partial charge in [0.2, 0.25) is 0 Å². The molecule has 0 heterocycles. The van der Waals surface area contributed by atoms with Gasteiger partial charge in [-0.1, -0.05) is 30.3 Å². The van der Waals surface area contributed by atoms with Crippen LogP contribution < -0.4 is 15.4 Å². The Balaban J connectivity index is 1.70. The molecule has 0 aliphatic rings. The minimum Gasteiger partial charge on any atom is -0.473 e. The fourth-order valence-corrected chi connectivity index (χ4v) is 1.82. The molecule has 2 aromatic rings. The van der Waals surface area contributed by atoms with Crippen LogP contribution in [0.5, 0.6) is 5.75 Å². The number of carbonyl (C=O) groups is 2. The summed E-state index contributed by atoms with van der Waals surface area (Å²) in [5.41, 5.74) is 1.34. The summed E-state index contributed by atoms with van der Waals surface area (Å²) in [7, 11) is 1.33. The van der Waals surface area contributed by atoms with Crippen molar-refractivity contribution in [3.8, 4) is 5.75 Å². The van der Waals surface area contributed by atoms with E-state index in [0.29, 0.717) is 17.9 Å². The van der Waals surface area contributed by atoms with Crippen molar-refractivity contribution in [2.45, 2.75) is 6.54 Å². The SMILES string of the molecule is COC(=O)c1ccc(CNC(=O)NCOc2ccccc2)cc1. The molecule has 0 aliphatic heterocycles. The Bertz CT molecular complexity index is 641. The number of hydrogen-bond donors (Lipinski definition) is 2. The van der Waals surface area contributed by atoms with Crippen molar-refractivity contribution in [2.75, 3.05) is 13.8 Å². The molecule has 120 valence electrons. The number of benzene rings is 2. The third kappa shape index (κ3) is 5.35. The van der Waals surface area contributed by atoms with Crippen LogP contribution in [-0.2, 0) is 11.3 Å². The first-order valence-electron chi connectivity index (χ1n) is 7.06. The zero-order chi connectivity index (χ0) is 16.5. The van der Waals surface area contributed by atoms with E-state index in [4.69, 9.17) is 4.74 Å². The lowest BCUT2D eigenvalue weighted by atomic mass is 10.1. The first kappa shape index (κ1) is 16.4. The van der Waals surface area contributed by atoms with Gasteiger partial charge in [0.05, 0.1) is 12.7 Å². The fraction of sp³-hybridized carbons (Fsp3) is 0.176. The highest BCUT2D eigenvalue weighted by Gasteiger charge is 2.05. The summed E-state index contributed by atoms with van der Waals surface area (Å²) < 4.78 is 9.98. The predicted octanol–water partition coefficient (Wildman–Crippen LogP) is 2.31. The summed E-state index contributed by atoms with van der Waals surface area (Å²) in [5.74, 6) is 0.298. The van der Waals surface area contributed by atoms with Crippen molar-refractivity contribution in [2.24, 2.45) is 0 Å². The Kier molecular flexibility index (Phi) is 5.99. The number of methoxy groups -OCH3 is 1. The molecule has 0 atom stereocenters. The van der Waals surface area contributed by atoms with Crippen LogP contribution in [0.2, 0.25) is 0 Å². The minimum atomic E-state index is -0.389. The second kappa shape index (κ2) is 8.43. The van der Waals surface area contributed by atoms with E-state index in [1.807, 2.05) is 30.3 Å². The van der Waals surface area contributed by atoms with Gasteiger partial charge in [-0.3, -0.25) is 0 Å². The van der Waals surface area contributed by atoms with Gasteiger partial charge in [-0.15, -0.1) is 0 Å². The predicted molar refractivity (Wildman–Crippen MR) is 85.1 cm³/mol. The Morgan fingerprint density at radius 1 is 0.957 bits per heavy atom. The average Bonchev–Trinajstić information content (AvgIpc) is 2.60. The molecule has 2 N–H and O–H groups in total. The standard InChI is InChI=1S/C17H18N2O4/c1-22-16(20)14-9-7-13(8-10-14)11-18-17(21)19-12-23-15-5-3-2-4-6-15/h2-10H,11-12H2,1H3,(H2,18,19,21). The number of urea groups is 1. The zero-order valence-corrected chi connectivity index (χ0v) is 12.7. The van der Waals surface area contributed by atoms with E-state index >= 15 is 0 Å². The number of ether oxygens (including phenoxy) is 2. The van der Waals surface area contributed by atoms with Crippen molar-refractivity contribution >= 4 is 12.0 Å². The third-order valence-corrected chi connectivity index (χ3v) is 3.04. The number of carbonyl (C=O) groups excluding carboxylic acids is 2. The highest BCUT2D eigenvalue weighted by atomic mass is 16.5. The van der Waals surface area contributed by atoms with E-state index in [9.17, 15) is 9.59 Å². The van der Waals surface area contributed by atoms with Crippen LogP contribution in [0.4, 0.5) is 4.79 Å². The smallest absolute Gasteiger partial charge is 0.337 e. The summed E-state index contributed by atoms with van der Waals surface area (Å²) in [5, 5.41) is 5.30. The Morgan fingerprint density at radius 2 is 1.65 bits per heavy atom. The summed E-state index contributed by atoms with van der Waals surface area (Å²) in [6.45, 7) is 0.426. The van der Waals surface area contributed by atoms with Crippen LogP contribution in [0.1, 0.15) is 15.9 Å². The maximum absolute atomic E-state index is 11.7. The number of rotatable bonds is 6. The van der Waals surface area contributed by atoms with Crippen LogP contribution in [0, 0.1) is 0 Å². The van der Waals surface area contributed by atoms with E-state index in [1.165, 1.54) is 7.11 Å². The van der Waals surface area contributed by atoms with Gasteiger partial charge in [0.25, 0.3) is 0 Å². The lowest BCUT2D eigenvalue weighted by Crippen LogP contribution is -2.37. The molecule has 0 fully saturated rings. The molecular weight excluding hydrogens is 296 g/mol. The molecule has 6 nitrogen and oxygen atoms in total. The van der Waals surface area contributed by atoms with Crippen LogP contribution in [-0.4, -0.2) is 25.8 Å². The van der Waals surface area contributed by atoms with Crippen LogP contribution in [0.25, 0.3) is 0 Å². The van der Waals surface area contributed by atoms with Gasteiger partial charge < -0.3 is 20.1 Å². The van der Waals surface area contributed by atoms with E-state index in [-0.39, 0.29) is 18.7 Å². The van der Waals surface area contributed by atoms with Gasteiger partial charge in [-0.2, -0.15) is 0 Å². The molecule has 0 aromatic heterocycles. The molecule has 0 saturated heterocycles. The summed E-state index contributed by atoms with van der Waals surface area (Å²) >= 11 is 0. The molecule has 0 saturated carbocycles. The maximum Gasteiger partial charge on any atom is 0.337 e. The summed E-state index contributed by atoms with van der Waals surface area (Å²) in [4.78, 5) is 23.0. The monoisotopic (exact) mass is 314 g/mol. The Labute approximate surface area is 134 Å². The third-order valence-electron chi connectivity index (χ3n) is 3.04. The van der Waals surface area contributed by atoms with Crippen molar-refractivity contribution in [1.82, 2.24) is 10.6 Å². The first-order valence-corrected chi connectivity index (χ1v) is 7.06. The van der Waals surface area contributed by atoms with E-state index in [0.717, 1.165) is 5.56 Å². The molecule has 23 heavy (non-hydrogen) atoms. The highest BCUT2D eigenvalue weighted by Crippen LogP contribution is 2.07. The van der Waals surface area contributed by atoms with Crippen molar-refractivity contribution < 1.29 is 19.1 Å². The quantitative estimate of drug-likeness (QED) is 0.633. The van der Waals surface area contributed by atoms with Crippen molar-refractivity contribution in [3.05, 3.63) is 65.7 Å². The molecule has 6 heteroatoms. The number of nitrogens with one attached hydrogen (secondary N) is 2. The van der Waals surface area contributed by atoms with Gasteiger partial charge in [0, 0.05) is 6.54 Å². The maximum atomic E-state index is 11.7. The number of esters is 1. The van der Waals surface area contributed by atoms with Crippen LogP contribution in [0.3, 0.4) is 0 Å². The fourth-order valence-electron chi connectivity index (χ4n) is 1.82. The largest absolute Gasteiger partial charge is 0.473 e. The van der Waals surface area contributed by atoms with Crippen molar-refractivity contribution in [1.29, 1.82) is 0 Å². The van der Waals surface area contributed by atoms with Gasteiger partial charge in [-0.05, 0) is 29.8 Å². The molecule has 0 spiro atoms. The number of amides is 2. The Morgan fingerprint density at radius 3 is 2.30 bits per heavy atom. The molecule has 2 amide bonds. The molecule has 0 unspecified atom stereocenters. The van der Waals surface area contributed by atoms with Gasteiger partial charge >= 0.3 is 12.0 Å². The lowest BCUT2D eigenvalue weighted by molar-refractivity contribution is 0.0600.